The first-order chi connectivity index (χ1) is 5.26. The van der Waals surface area contributed by atoms with Crippen LogP contribution in [0.25, 0.3) is 0 Å². The maximum absolute atomic E-state index is 9.97. The van der Waals surface area contributed by atoms with E-state index in [1.54, 1.807) is 6.92 Å². The normalized spacial score (nSPS) is 8.27. The second-order valence-electron chi connectivity index (χ2n) is 1.65. The van der Waals surface area contributed by atoms with Gasteiger partial charge in [-0.2, -0.15) is 15.4 Å². The van der Waals surface area contributed by atoms with Gasteiger partial charge in [-0.3, -0.25) is 4.79 Å². The van der Waals surface area contributed by atoms with Crippen molar-refractivity contribution in [3.8, 4) is 0 Å². The molecule has 1 rings (SSSR count). The Kier molecular flexibility index (Phi) is 4.87. The van der Waals surface area contributed by atoms with Crippen molar-refractivity contribution in [3.05, 3.63) is 11.4 Å². The first-order valence-corrected chi connectivity index (χ1v) is 2.81. The molecule has 1 aromatic heterocycles. The van der Waals surface area contributed by atoms with Gasteiger partial charge >= 0.3 is 0 Å². The maximum Gasteiger partial charge on any atom is 0.172 e. The summed E-state index contributed by atoms with van der Waals surface area (Å²) in [5.41, 5.74) is 1.02. The van der Waals surface area contributed by atoms with Crippen LogP contribution in [0.3, 0.4) is 0 Å². The number of nitrogens with two attached hydrogens (primary N) is 1. The number of carbonyl (C=O) groups is 1. The lowest BCUT2D eigenvalue weighted by atomic mass is 10.4. The van der Waals surface area contributed by atoms with Crippen molar-refractivity contribution in [3.63, 3.8) is 0 Å². The lowest BCUT2D eigenvalue weighted by molar-refractivity contribution is 0.111. The van der Waals surface area contributed by atoms with E-state index in [9.17, 15) is 4.79 Å². The smallest absolute Gasteiger partial charge is 0.172 e. The predicted molar refractivity (Wildman–Crippen MR) is 37.7 cm³/mol. The minimum atomic E-state index is 0.380. The molecule has 6 nitrogen and oxygen atoms in total. The number of H-pyrrole nitrogens is 1. The molecule has 0 radical (unpaired) electrons. The number of carbonyl (C=O) groups excluding carboxylic acids is 1. The van der Waals surface area contributed by atoms with Gasteiger partial charge in [0, 0.05) is 0 Å². The molecule has 0 aliphatic carbocycles. The zero-order valence-corrected chi connectivity index (χ0v) is 6.37. The van der Waals surface area contributed by atoms with Crippen molar-refractivity contribution in [2.24, 2.45) is 5.90 Å². The molecular formula is C5H10N4O2. The Hall–Kier alpha value is -1.27. The highest BCUT2D eigenvalue weighted by atomic mass is 16.6. The summed E-state index contributed by atoms with van der Waals surface area (Å²) >= 11 is 0. The summed E-state index contributed by atoms with van der Waals surface area (Å²) in [6, 6.07) is 0. The quantitative estimate of drug-likeness (QED) is 0.421. The van der Waals surface area contributed by atoms with Crippen molar-refractivity contribution in [1.82, 2.24) is 15.4 Å². The van der Waals surface area contributed by atoms with Gasteiger partial charge in [-0.1, -0.05) is 0 Å². The predicted octanol–water partition coefficient (Wildman–Crippen LogP) is -0.568. The molecule has 0 saturated carbocycles. The van der Waals surface area contributed by atoms with Crippen LogP contribution in [0.4, 0.5) is 0 Å². The van der Waals surface area contributed by atoms with Crippen LogP contribution in [0, 0.1) is 6.92 Å². The van der Waals surface area contributed by atoms with E-state index < -0.39 is 0 Å². The van der Waals surface area contributed by atoms with Crippen LogP contribution in [0.1, 0.15) is 16.2 Å². The van der Waals surface area contributed by atoms with Gasteiger partial charge in [0.15, 0.2) is 6.29 Å². The first kappa shape index (κ1) is 9.73. The molecule has 0 aliphatic rings. The van der Waals surface area contributed by atoms with Crippen LogP contribution >= 0.6 is 0 Å². The Morgan fingerprint density at radius 2 is 2.18 bits per heavy atom. The number of nitrogens with zero attached hydrogens (tertiary/aromatic N) is 2. The van der Waals surface area contributed by atoms with Gasteiger partial charge in [-0.05, 0) is 6.92 Å². The molecule has 0 amide bonds. The molecule has 3 N–H and O–H groups in total. The summed E-state index contributed by atoms with van der Waals surface area (Å²) in [5, 5.41) is 9.47. The Morgan fingerprint density at radius 3 is 2.36 bits per heavy atom. The van der Waals surface area contributed by atoms with Gasteiger partial charge in [0.1, 0.15) is 5.69 Å². The minimum absolute atomic E-state index is 0.380. The van der Waals surface area contributed by atoms with E-state index in [0.717, 1.165) is 0 Å². The molecule has 11 heavy (non-hydrogen) atoms. The van der Waals surface area contributed by atoms with Gasteiger partial charge in [-0.25, -0.2) is 5.90 Å². The van der Waals surface area contributed by atoms with Crippen molar-refractivity contribution >= 4 is 6.29 Å². The van der Waals surface area contributed by atoms with Gasteiger partial charge in [-0.15, -0.1) is 0 Å². The average molecular weight is 158 g/mol. The zero-order chi connectivity index (χ0) is 8.69. The highest BCUT2D eigenvalue weighted by Gasteiger charge is 1.96. The molecule has 6 heteroatoms. The number of rotatable bonds is 1. The molecule has 0 unspecified atom stereocenters. The van der Waals surface area contributed by atoms with Crippen LogP contribution in [0.15, 0.2) is 0 Å². The summed E-state index contributed by atoms with van der Waals surface area (Å²) in [5.74, 6) is 4.35. The van der Waals surface area contributed by atoms with E-state index in [4.69, 9.17) is 0 Å². The van der Waals surface area contributed by atoms with Crippen LogP contribution in [0.2, 0.25) is 0 Å². The van der Waals surface area contributed by atoms with Crippen LogP contribution < -0.4 is 5.90 Å². The number of aromatic amines is 1. The fourth-order valence-corrected chi connectivity index (χ4v) is 0.404. The first-order valence-electron chi connectivity index (χ1n) is 2.81. The third-order valence-corrected chi connectivity index (χ3v) is 0.870. The van der Waals surface area contributed by atoms with Crippen LogP contribution in [-0.4, -0.2) is 28.8 Å². The second-order valence-corrected chi connectivity index (χ2v) is 1.65. The van der Waals surface area contributed by atoms with Gasteiger partial charge in [0.25, 0.3) is 0 Å². The summed E-state index contributed by atoms with van der Waals surface area (Å²) in [7, 11) is 1.40. The topological polar surface area (TPSA) is 93.9 Å². The average Bonchev–Trinajstić information content (AvgIpc) is 2.36. The number of nitrogens with one attached hydrogen (secondary N) is 1. The SMILES string of the molecule is CON.Cc1n[nH]nc1C=O. The molecule has 0 spiro atoms. The minimum Gasteiger partial charge on any atom is -0.308 e. The van der Waals surface area contributed by atoms with Crippen LogP contribution in [-0.2, 0) is 4.84 Å². The standard InChI is InChI=1S/C4H5N3O.CH5NO/c1-3-4(2-8)6-7-5-3;1-3-2/h2H,1H3,(H,5,6,7);2H2,1H3. The van der Waals surface area contributed by atoms with E-state index in [1.165, 1.54) is 7.11 Å². The summed E-state index contributed by atoms with van der Waals surface area (Å²) < 4.78 is 0. The molecule has 0 saturated heterocycles. The highest BCUT2D eigenvalue weighted by molar-refractivity contribution is 5.72. The summed E-state index contributed by atoms with van der Waals surface area (Å²) in [6.07, 6.45) is 0.666. The number of hydrogen-bond acceptors (Lipinski definition) is 5. The van der Waals surface area contributed by atoms with E-state index >= 15 is 0 Å². The Labute approximate surface area is 63.7 Å². The highest BCUT2D eigenvalue weighted by Crippen LogP contribution is 1.90. The number of aromatic nitrogens is 3. The number of aryl methyl sites for hydroxylation is 1. The lowest BCUT2D eigenvalue weighted by Crippen LogP contribution is -1.86. The summed E-state index contributed by atoms with van der Waals surface area (Å²) in [4.78, 5) is 13.7. The van der Waals surface area contributed by atoms with Gasteiger partial charge in [0.05, 0.1) is 12.8 Å². The molecule has 62 valence electrons. The second kappa shape index (κ2) is 5.51. The van der Waals surface area contributed by atoms with Crippen molar-refractivity contribution in [2.75, 3.05) is 7.11 Å². The molecule has 1 heterocycles. The van der Waals surface area contributed by atoms with E-state index in [-0.39, 0.29) is 0 Å². The molecule has 0 aliphatic heterocycles. The lowest BCUT2D eigenvalue weighted by Gasteiger charge is -1.73. The van der Waals surface area contributed by atoms with Gasteiger partial charge < -0.3 is 4.84 Å². The molecule has 0 atom stereocenters. The van der Waals surface area contributed by atoms with E-state index in [2.05, 4.69) is 26.1 Å². The number of aldehydes is 1. The number of hydrogen-bond donors (Lipinski definition) is 2. The largest absolute Gasteiger partial charge is 0.308 e. The molecule has 0 bridgehead atoms. The molecule has 1 aromatic rings. The molecule has 0 fully saturated rings. The Bertz CT molecular complexity index is 210. The van der Waals surface area contributed by atoms with Crippen LogP contribution in [0.5, 0.6) is 0 Å². The zero-order valence-electron chi connectivity index (χ0n) is 6.37. The fourth-order valence-electron chi connectivity index (χ4n) is 0.404. The molecule has 0 aromatic carbocycles. The Morgan fingerprint density at radius 1 is 1.64 bits per heavy atom. The third-order valence-electron chi connectivity index (χ3n) is 0.870. The van der Waals surface area contributed by atoms with Crippen molar-refractivity contribution in [1.29, 1.82) is 0 Å². The van der Waals surface area contributed by atoms with Gasteiger partial charge in [0.2, 0.25) is 0 Å². The Balaban J connectivity index is 0.000000292. The monoisotopic (exact) mass is 158 g/mol. The van der Waals surface area contributed by atoms with E-state index in [0.29, 0.717) is 17.7 Å². The summed E-state index contributed by atoms with van der Waals surface area (Å²) in [6.45, 7) is 1.72. The fraction of sp³-hybridized carbons (Fsp3) is 0.400. The van der Waals surface area contributed by atoms with E-state index in [1.807, 2.05) is 0 Å². The third kappa shape index (κ3) is 3.43. The maximum atomic E-state index is 9.97. The van der Waals surface area contributed by atoms with Crippen molar-refractivity contribution in [2.45, 2.75) is 6.92 Å². The molecular weight excluding hydrogens is 148 g/mol. The van der Waals surface area contributed by atoms with Crippen molar-refractivity contribution < 1.29 is 9.63 Å².